The van der Waals surface area contributed by atoms with Gasteiger partial charge in [0.2, 0.25) is 0 Å². The fraction of sp³-hybridized carbons (Fsp3) is 0.308. The molecule has 0 spiro atoms. The molecule has 0 aliphatic heterocycles. The third-order valence-corrected chi connectivity index (χ3v) is 5.66. The fourth-order valence-corrected chi connectivity index (χ4v) is 4.05. The first-order valence-electron chi connectivity index (χ1n) is 5.78. The molecule has 1 unspecified atom stereocenters. The van der Waals surface area contributed by atoms with Crippen LogP contribution in [-0.4, -0.2) is 30.1 Å². The van der Waals surface area contributed by atoms with Crippen LogP contribution in [0.4, 0.5) is 0 Å². The van der Waals surface area contributed by atoms with Crippen LogP contribution in [0, 0.1) is 0 Å². The minimum Gasteiger partial charge on any atom is -0.465 e. The largest absolute Gasteiger partial charge is 0.465 e. The summed E-state index contributed by atoms with van der Waals surface area (Å²) in [7, 11) is -0.997. The molecular formula is C13H15NO3S2. The van der Waals surface area contributed by atoms with Crippen LogP contribution in [0.1, 0.15) is 16.6 Å². The van der Waals surface area contributed by atoms with E-state index < -0.39 is 9.73 Å². The average Bonchev–Trinajstić information content (AvgIpc) is 2.80. The Morgan fingerprint density at radius 3 is 2.79 bits per heavy atom. The van der Waals surface area contributed by atoms with Gasteiger partial charge in [-0.2, -0.15) is 0 Å². The maximum Gasteiger partial charge on any atom is 0.348 e. The third kappa shape index (κ3) is 2.79. The molecule has 0 fully saturated rings. The van der Waals surface area contributed by atoms with Crippen LogP contribution < -0.4 is 0 Å². The van der Waals surface area contributed by atoms with E-state index in [0.717, 1.165) is 10.1 Å². The van der Waals surface area contributed by atoms with E-state index in [2.05, 4.69) is 4.36 Å². The average molecular weight is 297 g/mol. The SMILES string of the molecule is CCN=S(C)(=O)c1ccc2sc(C(=O)OC)cc2c1. The van der Waals surface area contributed by atoms with Gasteiger partial charge < -0.3 is 4.74 Å². The molecule has 2 aromatic rings. The molecule has 1 aromatic carbocycles. The molecule has 6 heteroatoms. The van der Waals surface area contributed by atoms with Gasteiger partial charge in [-0.1, -0.05) is 0 Å². The van der Waals surface area contributed by atoms with Crippen molar-refractivity contribution in [1.82, 2.24) is 0 Å². The Kier molecular flexibility index (Phi) is 3.91. The molecule has 0 aliphatic rings. The second kappa shape index (κ2) is 5.30. The Morgan fingerprint density at radius 2 is 2.16 bits per heavy atom. The number of nitrogens with zero attached hydrogens (tertiary/aromatic N) is 1. The summed E-state index contributed by atoms with van der Waals surface area (Å²) < 4.78 is 22.2. The highest BCUT2D eigenvalue weighted by Crippen LogP contribution is 2.28. The Bertz CT molecular complexity index is 739. The number of esters is 1. The minimum atomic E-state index is -2.35. The summed E-state index contributed by atoms with van der Waals surface area (Å²) in [6, 6.07) is 7.27. The first-order valence-corrected chi connectivity index (χ1v) is 8.51. The van der Waals surface area contributed by atoms with Crippen molar-refractivity contribution in [3.05, 3.63) is 29.1 Å². The monoisotopic (exact) mass is 297 g/mol. The van der Waals surface area contributed by atoms with E-state index in [0.29, 0.717) is 16.3 Å². The van der Waals surface area contributed by atoms with Crippen molar-refractivity contribution in [3.63, 3.8) is 0 Å². The fourth-order valence-electron chi connectivity index (χ4n) is 1.78. The summed E-state index contributed by atoms with van der Waals surface area (Å²) in [5.74, 6) is -0.349. The van der Waals surface area contributed by atoms with Crippen LogP contribution in [0.25, 0.3) is 10.1 Å². The number of rotatable bonds is 3. The van der Waals surface area contributed by atoms with Crippen molar-refractivity contribution in [3.8, 4) is 0 Å². The number of carbonyl (C=O) groups is 1. The normalized spacial score (nSPS) is 14.1. The molecule has 0 amide bonds. The molecule has 19 heavy (non-hydrogen) atoms. The van der Waals surface area contributed by atoms with Crippen molar-refractivity contribution in [2.75, 3.05) is 19.9 Å². The van der Waals surface area contributed by atoms with E-state index in [-0.39, 0.29) is 5.97 Å². The van der Waals surface area contributed by atoms with Gasteiger partial charge in [0.15, 0.2) is 0 Å². The van der Waals surface area contributed by atoms with E-state index in [1.54, 1.807) is 18.4 Å². The molecule has 4 nitrogen and oxygen atoms in total. The van der Waals surface area contributed by atoms with Crippen molar-refractivity contribution in [2.24, 2.45) is 4.36 Å². The van der Waals surface area contributed by atoms with E-state index >= 15 is 0 Å². The summed E-state index contributed by atoms with van der Waals surface area (Å²) in [4.78, 5) is 12.7. The van der Waals surface area contributed by atoms with Crippen molar-refractivity contribution in [2.45, 2.75) is 11.8 Å². The number of hydrogen-bond acceptors (Lipinski definition) is 5. The van der Waals surface area contributed by atoms with Gasteiger partial charge in [0, 0.05) is 22.4 Å². The van der Waals surface area contributed by atoms with E-state index in [4.69, 9.17) is 4.74 Å². The second-order valence-electron chi connectivity index (χ2n) is 4.05. The van der Waals surface area contributed by atoms with Crippen molar-refractivity contribution >= 4 is 37.1 Å². The van der Waals surface area contributed by atoms with E-state index in [9.17, 15) is 9.00 Å². The Labute approximate surface area is 116 Å². The number of fused-ring (bicyclic) bond motifs is 1. The Balaban J connectivity index is 2.56. The number of thiophene rings is 1. The molecule has 1 atom stereocenters. The van der Waals surface area contributed by atoms with Gasteiger partial charge in [0.25, 0.3) is 0 Å². The molecule has 0 bridgehead atoms. The number of hydrogen-bond donors (Lipinski definition) is 0. The molecule has 0 N–H and O–H groups in total. The Morgan fingerprint density at radius 1 is 1.42 bits per heavy atom. The lowest BCUT2D eigenvalue weighted by atomic mass is 10.2. The minimum absolute atomic E-state index is 0.349. The number of benzene rings is 1. The lowest BCUT2D eigenvalue weighted by Crippen LogP contribution is -1.97. The lowest BCUT2D eigenvalue weighted by Gasteiger charge is -2.03. The van der Waals surface area contributed by atoms with Crippen molar-refractivity contribution < 1.29 is 13.7 Å². The highest BCUT2D eigenvalue weighted by molar-refractivity contribution is 7.93. The van der Waals surface area contributed by atoms with Gasteiger partial charge >= 0.3 is 5.97 Å². The van der Waals surface area contributed by atoms with Crippen LogP contribution in [-0.2, 0) is 14.5 Å². The molecule has 1 heterocycles. The molecule has 1 aromatic heterocycles. The number of carbonyl (C=O) groups excluding carboxylic acids is 1. The third-order valence-electron chi connectivity index (χ3n) is 2.69. The molecule has 0 saturated carbocycles. The molecular weight excluding hydrogens is 282 g/mol. The zero-order valence-corrected chi connectivity index (χ0v) is 12.6. The lowest BCUT2D eigenvalue weighted by molar-refractivity contribution is 0.0606. The standard InChI is InChI=1S/C13H15NO3S2/c1-4-14-19(3,16)10-5-6-11-9(7-10)8-12(18-11)13(15)17-2/h5-8H,4H2,1-3H3. The zero-order chi connectivity index (χ0) is 14.0. The van der Waals surface area contributed by atoms with Gasteiger partial charge in [-0.15, -0.1) is 11.3 Å². The van der Waals surface area contributed by atoms with Gasteiger partial charge in [0.05, 0.1) is 16.8 Å². The van der Waals surface area contributed by atoms with E-state index in [1.165, 1.54) is 18.4 Å². The van der Waals surface area contributed by atoms with Gasteiger partial charge in [-0.25, -0.2) is 13.4 Å². The van der Waals surface area contributed by atoms with Crippen LogP contribution >= 0.6 is 11.3 Å². The summed E-state index contributed by atoms with van der Waals surface area (Å²) >= 11 is 1.36. The molecule has 102 valence electrons. The van der Waals surface area contributed by atoms with Gasteiger partial charge in [-0.3, -0.25) is 0 Å². The van der Waals surface area contributed by atoms with E-state index in [1.807, 2.05) is 19.1 Å². The predicted octanol–water partition coefficient (Wildman–Crippen LogP) is 3.16. The Hall–Kier alpha value is -1.40. The first kappa shape index (κ1) is 14.0. The van der Waals surface area contributed by atoms with Crippen LogP contribution in [0.2, 0.25) is 0 Å². The summed E-state index contributed by atoms with van der Waals surface area (Å²) in [5.41, 5.74) is 0. The summed E-state index contributed by atoms with van der Waals surface area (Å²) in [5, 5.41) is 0.892. The van der Waals surface area contributed by atoms with Crippen LogP contribution in [0.3, 0.4) is 0 Å². The second-order valence-corrected chi connectivity index (χ2v) is 7.47. The number of methoxy groups -OCH3 is 1. The first-order chi connectivity index (χ1) is 8.97. The molecule has 0 radical (unpaired) electrons. The van der Waals surface area contributed by atoms with Crippen LogP contribution in [0.15, 0.2) is 33.5 Å². The maximum atomic E-state index is 12.4. The highest BCUT2D eigenvalue weighted by atomic mass is 32.2. The molecule has 0 saturated heterocycles. The summed E-state index contributed by atoms with van der Waals surface area (Å²) in [6.45, 7) is 2.38. The predicted molar refractivity (Wildman–Crippen MR) is 78.5 cm³/mol. The quantitative estimate of drug-likeness (QED) is 0.818. The smallest absolute Gasteiger partial charge is 0.348 e. The molecule has 0 aliphatic carbocycles. The highest BCUT2D eigenvalue weighted by Gasteiger charge is 2.12. The summed E-state index contributed by atoms with van der Waals surface area (Å²) in [6.07, 6.45) is 1.63. The topological polar surface area (TPSA) is 55.7 Å². The molecule has 2 rings (SSSR count). The van der Waals surface area contributed by atoms with Gasteiger partial charge in [-0.05, 0) is 36.6 Å². The van der Waals surface area contributed by atoms with Crippen molar-refractivity contribution in [1.29, 1.82) is 0 Å². The van der Waals surface area contributed by atoms with Gasteiger partial charge in [0.1, 0.15) is 4.88 Å². The number of ether oxygens (including phenoxy) is 1. The maximum absolute atomic E-state index is 12.4. The zero-order valence-electron chi connectivity index (χ0n) is 11.0. The van der Waals surface area contributed by atoms with Crippen LogP contribution in [0.5, 0.6) is 0 Å².